The average molecular weight is 451 g/mol. The van der Waals surface area contributed by atoms with E-state index in [2.05, 4.69) is 30.8 Å². The van der Waals surface area contributed by atoms with Crippen LogP contribution in [0.15, 0.2) is 36.9 Å². The maximum Gasteiger partial charge on any atom is 0.410 e. The lowest BCUT2D eigenvalue weighted by atomic mass is 9.78. The van der Waals surface area contributed by atoms with Crippen molar-refractivity contribution in [1.82, 2.24) is 24.8 Å². The monoisotopic (exact) mass is 450 g/mol. The Bertz CT molecular complexity index is 978. The number of rotatable bonds is 3. The van der Waals surface area contributed by atoms with Gasteiger partial charge in [0.25, 0.3) is 0 Å². The molecule has 1 spiro atoms. The van der Waals surface area contributed by atoms with Crippen LogP contribution >= 0.6 is 0 Å². The van der Waals surface area contributed by atoms with Crippen molar-refractivity contribution < 1.29 is 9.53 Å². The van der Waals surface area contributed by atoms with E-state index in [1.54, 1.807) is 18.6 Å². The van der Waals surface area contributed by atoms with E-state index < -0.39 is 5.60 Å². The van der Waals surface area contributed by atoms with Crippen molar-refractivity contribution in [2.24, 2.45) is 5.41 Å². The SMILES string of the molecule is CC(C)(C)OC(=O)N1CC2(CC[C@H](N3CCN(c4ncccc4-c4cnccn4)CC3)C2)C1. The first kappa shape index (κ1) is 22.1. The molecule has 1 atom stereocenters. The zero-order valence-electron chi connectivity index (χ0n) is 19.9. The minimum Gasteiger partial charge on any atom is -0.444 e. The van der Waals surface area contributed by atoms with Crippen LogP contribution in [0.3, 0.4) is 0 Å². The fourth-order valence-electron chi connectivity index (χ4n) is 5.58. The van der Waals surface area contributed by atoms with Crippen molar-refractivity contribution in [1.29, 1.82) is 0 Å². The van der Waals surface area contributed by atoms with Crippen molar-refractivity contribution in [3.8, 4) is 11.3 Å². The molecule has 0 unspecified atom stereocenters. The van der Waals surface area contributed by atoms with Crippen LogP contribution in [0, 0.1) is 5.41 Å². The van der Waals surface area contributed by atoms with Crippen LogP contribution in [-0.2, 0) is 4.74 Å². The fraction of sp³-hybridized carbons (Fsp3) is 0.600. The normalized spacial score (nSPS) is 22.9. The van der Waals surface area contributed by atoms with Gasteiger partial charge >= 0.3 is 6.09 Å². The Morgan fingerprint density at radius 1 is 1.09 bits per heavy atom. The van der Waals surface area contributed by atoms with Gasteiger partial charge in [0.15, 0.2) is 0 Å². The highest BCUT2D eigenvalue weighted by molar-refractivity contribution is 5.72. The molecule has 0 aromatic carbocycles. The molecule has 3 aliphatic rings. The molecule has 5 rings (SSSR count). The number of carbonyl (C=O) groups excluding carboxylic acids is 1. The zero-order valence-corrected chi connectivity index (χ0v) is 19.9. The molecule has 2 aliphatic heterocycles. The molecular formula is C25H34N6O2. The van der Waals surface area contributed by atoms with Gasteiger partial charge in [-0.25, -0.2) is 9.78 Å². The summed E-state index contributed by atoms with van der Waals surface area (Å²) >= 11 is 0. The molecule has 2 aromatic rings. The van der Waals surface area contributed by atoms with Crippen molar-refractivity contribution in [3.05, 3.63) is 36.9 Å². The summed E-state index contributed by atoms with van der Waals surface area (Å²) in [5, 5.41) is 0. The minimum absolute atomic E-state index is 0.167. The van der Waals surface area contributed by atoms with E-state index in [1.807, 2.05) is 37.9 Å². The molecular weight excluding hydrogens is 416 g/mol. The molecule has 1 amide bonds. The Hall–Kier alpha value is -2.74. The van der Waals surface area contributed by atoms with E-state index in [9.17, 15) is 4.79 Å². The summed E-state index contributed by atoms with van der Waals surface area (Å²) < 4.78 is 5.54. The van der Waals surface area contributed by atoms with E-state index in [1.165, 1.54) is 19.3 Å². The second-order valence-corrected chi connectivity index (χ2v) is 10.7. The summed E-state index contributed by atoms with van der Waals surface area (Å²) in [6.07, 6.45) is 10.5. The Kier molecular flexibility index (Phi) is 5.72. The average Bonchev–Trinajstić information content (AvgIpc) is 3.24. The molecule has 33 heavy (non-hydrogen) atoms. The number of amides is 1. The number of hydrogen-bond acceptors (Lipinski definition) is 7. The third kappa shape index (κ3) is 4.67. The van der Waals surface area contributed by atoms with Crippen LogP contribution < -0.4 is 4.90 Å². The summed E-state index contributed by atoms with van der Waals surface area (Å²) in [7, 11) is 0. The molecule has 1 aliphatic carbocycles. The summed E-state index contributed by atoms with van der Waals surface area (Å²) in [5.41, 5.74) is 1.76. The number of pyridine rings is 1. The maximum atomic E-state index is 12.3. The molecule has 8 nitrogen and oxygen atoms in total. The zero-order chi connectivity index (χ0) is 23.1. The van der Waals surface area contributed by atoms with Gasteiger partial charge in [-0.1, -0.05) is 0 Å². The van der Waals surface area contributed by atoms with Crippen LogP contribution in [0.2, 0.25) is 0 Å². The van der Waals surface area contributed by atoms with Gasteiger partial charge < -0.3 is 14.5 Å². The quantitative estimate of drug-likeness (QED) is 0.709. The van der Waals surface area contributed by atoms with Gasteiger partial charge in [-0.2, -0.15) is 0 Å². The summed E-state index contributed by atoms with van der Waals surface area (Å²) in [4.78, 5) is 32.6. The molecule has 1 saturated carbocycles. The first-order chi connectivity index (χ1) is 15.8. The highest BCUT2D eigenvalue weighted by Crippen LogP contribution is 2.47. The van der Waals surface area contributed by atoms with Gasteiger partial charge in [0.1, 0.15) is 11.4 Å². The number of nitrogens with zero attached hydrogens (tertiary/aromatic N) is 6. The van der Waals surface area contributed by atoms with E-state index in [0.29, 0.717) is 11.5 Å². The number of piperazine rings is 1. The van der Waals surface area contributed by atoms with E-state index in [-0.39, 0.29) is 6.09 Å². The first-order valence-electron chi connectivity index (χ1n) is 12.0. The largest absolute Gasteiger partial charge is 0.444 e. The molecule has 0 radical (unpaired) electrons. The van der Waals surface area contributed by atoms with E-state index in [0.717, 1.165) is 56.3 Å². The standard InChI is InChI=1S/C25H34N6O2/c1-24(2,3)33-23(32)31-17-25(18-31)7-6-19(15-25)29-11-13-30(14-12-29)22-20(5-4-8-28-22)21-16-26-9-10-27-21/h4-5,8-10,16,19H,6-7,11-15,17-18H2,1-3H3/t19-/m0/s1. The molecule has 4 heterocycles. The molecule has 0 N–H and O–H groups in total. The van der Waals surface area contributed by atoms with Crippen LogP contribution in [0.1, 0.15) is 40.0 Å². The van der Waals surface area contributed by atoms with E-state index in [4.69, 9.17) is 4.74 Å². The van der Waals surface area contributed by atoms with Crippen LogP contribution in [0.4, 0.5) is 10.6 Å². The Balaban J connectivity index is 1.16. The second kappa shape index (κ2) is 8.56. The van der Waals surface area contributed by atoms with Gasteiger partial charge in [-0.3, -0.25) is 14.9 Å². The number of ether oxygens (including phenoxy) is 1. The van der Waals surface area contributed by atoms with Crippen molar-refractivity contribution in [2.75, 3.05) is 44.2 Å². The molecule has 0 bridgehead atoms. The molecule has 8 heteroatoms. The highest BCUT2D eigenvalue weighted by atomic mass is 16.6. The van der Waals surface area contributed by atoms with Crippen LogP contribution in [0.25, 0.3) is 11.3 Å². The van der Waals surface area contributed by atoms with E-state index >= 15 is 0 Å². The van der Waals surface area contributed by atoms with Gasteiger partial charge in [0.2, 0.25) is 0 Å². The molecule has 2 aromatic heterocycles. The summed E-state index contributed by atoms with van der Waals surface area (Å²) in [5.74, 6) is 0.993. The number of aromatic nitrogens is 3. The predicted octanol–water partition coefficient (Wildman–Crippen LogP) is 3.45. The molecule has 176 valence electrons. The molecule has 3 fully saturated rings. The first-order valence-corrected chi connectivity index (χ1v) is 12.0. The number of anilines is 1. The van der Waals surface area contributed by atoms with Crippen LogP contribution in [-0.4, -0.2) is 81.8 Å². The predicted molar refractivity (Wildman–Crippen MR) is 127 cm³/mol. The Morgan fingerprint density at radius 2 is 1.88 bits per heavy atom. The second-order valence-electron chi connectivity index (χ2n) is 10.7. The highest BCUT2D eigenvalue weighted by Gasteiger charge is 2.51. The smallest absolute Gasteiger partial charge is 0.410 e. The Morgan fingerprint density at radius 3 is 2.58 bits per heavy atom. The number of likely N-dealkylation sites (tertiary alicyclic amines) is 1. The molecule has 2 saturated heterocycles. The van der Waals surface area contributed by atoms with Crippen LogP contribution in [0.5, 0.6) is 0 Å². The Labute approximate surface area is 196 Å². The van der Waals surface area contributed by atoms with Crippen molar-refractivity contribution >= 4 is 11.9 Å². The minimum atomic E-state index is -0.432. The van der Waals surface area contributed by atoms with Gasteiger partial charge in [-0.15, -0.1) is 0 Å². The van der Waals surface area contributed by atoms with Crippen molar-refractivity contribution in [2.45, 2.75) is 51.7 Å². The lowest BCUT2D eigenvalue weighted by Crippen LogP contribution is -2.59. The lowest BCUT2D eigenvalue weighted by Gasteiger charge is -2.48. The number of carbonyl (C=O) groups is 1. The fourth-order valence-corrected chi connectivity index (χ4v) is 5.58. The number of hydrogen-bond donors (Lipinski definition) is 0. The third-order valence-electron chi connectivity index (χ3n) is 7.14. The third-order valence-corrected chi connectivity index (χ3v) is 7.14. The topological polar surface area (TPSA) is 74.7 Å². The maximum absolute atomic E-state index is 12.3. The van der Waals surface area contributed by atoms with Gasteiger partial charge in [0.05, 0.1) is 11.9 Å². The van der Waals surface area contributed by atoms with Crippen molar-refractivity contribution in [3.63, 3.8) is 0 Å². The lowest BCUT2D eigenvalue weighted by molar-refractivity contribution is -0.0344. The van der Waals surface area contributed by atoms with Gasteiger partial charge in [-0.05, 0) is 52.2 Å². The summed E-state index contributed by atoms with van der Waals surface area (Å²) in [6, 6.07) is 4.64. The summed E-state index contributed by atoms with van der Waals surface area (Å²) in [6.45, 7) is 11.4. The van der Waals surface area contributed by atoms with Gasteiger partial charge in [0, 0.05) is 74.9 Å².